The second kappa shape index (κ2) is 10.4. The van der Waals surface area contributed by atoms with Crippen LogP contribution >= 0.6 is 15.9 Å². The molecule has 0 saturated heterocycles. The Bertz CT molecular complexity index is 341. The first-order valence-corrected chi connectivity index (χ1v) is 8.41. The quantitative estimate of drug-likeness (QED) is 0.586. The molecule has 0 radical (unpaired) electrons. The maximum atomic E-state index is 6.18. The minimum Gasteiger partial charge on any atom is -0.323 e. The molecule has 2 nitrogen and oxygen atoms in total. The van der Waals surface area contributed by atoms with Gasteiger partial charge in [0, 0.05) is 16.7 Å². The van der Waals surface area contributed by atoms with Crippen LogP contribution in [0.1, 0.15) is 76.4 Å². The number of nitrogens with two attached hydrogens (primary N) is 1. The molecule has 0 spiro atoms. The van der Waals surface area contributed by atoms with Crippen LogP contribution in [0.5, 0.6) is 0 Å². The number of nitrogens with zero attached hydrogens (tertiary/aromatic N) is 1. The Labute approximate surface area is 126 Å². The number of hydrogen-bond donors (Lipinski definition) is 1. The summed E-state index contributed by atoms with van der Waals surface area (Å²) in [6, 6.07) is 4.00. The van der Waals surface area contributed by atoms with Gasteiger partial charge in [0.25, 0.3) is 0 Å². The maximum Gasteiger partial charge on any atom is 0.0712 e. The lowest BCUT2D eigenvalue weighted by molar-refractivity contribution is 0.530. The minimum atomic E-state index is 0.0654. The molecular weight excluding hydrogens is 300 g/mol. The van der Waals surface area contributed by atoms with Gasteiger partial charge in [-0.3, -0.25) is 4.98 Å². The van der Waals surface area contributed by atoms with E-state index in [-0.39, 0.29) is 6.04 Å². The molecular formula is C16H27BrN2. The average molecular weight is 327 g/mol. The van der Waals surface area contributed by atoms with Gasteiger partial charge in [-0.2, -0.15) is 0 Å². The fraction of sp³-hybridized carbons (Fsp3) is 0.688. The topological polar surface area (TPSA) is 38.9 Å². The Hall–Kier alpha value is -0.410. The SMILES string of the molecule is CCCCCCCCCCC(N)c1ncccc1Br. The lowest BCUT2D eigenvalue weighted by Crippen LogP contribution is -2.12. The molecule has 0 aliphatic carbocycles. The molecule has 0 bridgehead atoms. The predicted molar refractivity (Wildman–Crippen MR) is 86.1 cm³/mol. The maximum absolute atomic E-state index is 6.18. The summed E-state index contributed by atoms with van der Waals surface area (Å²) in [4.78, 5) is 4.36. The van der Waals surface area contributed by atoms with E-state index in [0.717, 1.165) is 16.6 Å². The van der Waals surface area contributed by atoms with Crippen LogP contribution in [-0.2, 0) is 0 Å². The monoisotopic (exact) mass is 326 g/mol. The van der Waals surface area contributed by atoms with E-state index in [9.17, 15) is 0 Å². The van der Waals surface area contributed by atoms with Crippen LogP contribution in [-0.4, -0.2) is 4.98 Å². The van der Waals surface area contributed by atoms with E-state index in [0.29, 0.717) is 0 Å². The summed E-state index contributed by atoms with van der Waals surface area (Å²) >= 11 is 3.51. The first kappa shape index (κ1) is 16.6. The Balaban J connectivity index is 2.08. The van der Waals surface area contributed by atoms with Crippen molar-refractivity contribution >= 4 is 15.9 Å². The molecule has 0 saturated carbocycles. The van der Waals surface area contributed by atoms with Crippen molar-refractivity contribution in [2.75, 3.05) is 0 Å². The van der Waals surface area contributed by atoms with Crippen molar-refractivity contribution in [2.24, 2.45) is 5.73 Å². The molecule has 3 heteroatoms. The van der Waals surface area contributed by atoms with Crippen LogP contribution in [0.2, 0.25) is 0 Å². The van der Waals surface area contributed by atoms with Gasteiger partial charge in [-0.05, 0) is 34.5 Å². The first-order chi connectivity index (χ1) is 9.25. The standard InChI is InChI=1S/C16H27BrN2/c1-2-3-4-5-6-7-8-9-12-15(18)16-14(17)11-10-13-19-16/h10-11,13,15H,2-9,12,18H2,1H3. The number of rotatable bonds is 10. The molecule has 1 aromatic rings. The van der Waals surface area contributed by atoms with Crippen molar-refractivity contribution < 1.29 is 0 Å². The molecule has 19 heavy (non-hydrogen) atoms. The summed E-state index contributed by atoms with van der Waals surface area (Å²) in [5.74, 6) is 0. The van der Waals surface area contributed by atoms with Gasteiger partial charge in [-0.1, -0.05) is 58.3 Å². The molecule has 0 aromatic carbocycles. The van der Waals surface area contributed by atoms with Crippen molar-refractivity contribution in [3.8, 4) is 0 Å². The van der Waals surface area contributed by atoms with Crippen molar-refractivity contribution in [3.05, 3.63) is 28.5 Å². The number of hydrogen-bond acceptors (Lipinski definition) is 2. The zero-order valence-electron chi connectivity index (χ0n) is 12.1. The summed E-state index contributed by atoms with van der Waals surface area (Å²) in [6.45, 7) is 2.26. The summed E-state index contributed by atoms with van der Waals surface area (Å²) in [6.07, 6.45) is 13.6. The zero-order valence-corrected chi connectivity index (χ0v) is 13.7. The predicted octanol–water partition coefficient (Wildman–Crippen LogP) is 5.37. The van der Waals surface area contributed by atoms with E-state index >= 15 is 0 Å². The Morgan fingerprint density at radius 1 is 1.11 bits per heavy atom. The smallest absolute Gasteiger partial charge is 0.0712 e. The van der Waals surface area contributed by atoms with Crippen molar-refractivity contribution in [1.82, 2.24) is 4.98 Å². The molecule has 1 aromatic heterocycles. The van der Waals surface area contributed by atoms with Crippen LogP contribution in [0.4, 0.5) is 0 Å². The fourth-order valence-corrected chi connectivity index (χ4v) is 2.85. The zero-order chi connectivity index (χ0) is 13.9. The van der Waals surface area contributed by atoms with Crippen LogP contribution in [0.3, 0.4) is 0 Å². The number of pyridine rings is 1. The van der Waals surface area contributed by atoms with E-state index in [4.69, 9.17) is 5.73 Å². The lowest BCUT2D eigenvalue weighted by atomic mass is 10.0. The number of unbranched alkanes of at least 4 members (excludes halogenated alkanes) is 7. The number of aromatic nitrogens is 1. The van der Waals surface area contributed by atoms with E-state index in [1.54, 1.807) is 0 Å². The second-order valence-electron chi connectivity index (χ2n) is 5.24. The highest BCUT2D eigenvalue weighted by Gasteiger charge is 2.10. The van der Waals surface area contributed by atoms with Gasteiger partial charge in [0.1, 0.15) is 0 Å². The molecule has 0 aliphatic rings. The molecule has 0 fully saturated rings. The highest BCUT2D eigenvalue weighted by atomic mass is 79.9. The average Bonchev–Trinajstić information content (AvgIpc) is 2.42. The van der Waals surface area contributed by atoms with Crippen molar-refractivity contribution in [2.45, 2.75) is 70.8 Å². The van der Waals surface area contributed by atoms with Gasteiger partial charge in [-0.15, -0.1) is 0 Å². The van der Waals surface area contributed by atoms with E-state index in [1.807, 2.05) is 18.3 Å². The van der Waals surface area contributed by atoms with Crippen molar-refractivity contribution in [1.29, 1.82) is 0 Å². The van der Waals surface area contributed by atoms with Crippen LogP contribution < -0.4 is 5.73 Å². The van der Waals surface area contributed by atoms with Gasteiger partial charge < -0.3 is 5.73 Å². The van der Waals surface area contributed by atoms with Gasteiger partial charge in [-0.25, -0.2) is 0 Å². The van der Waals surface area contributed by atoms with Gasteiger partial charge >= 0.3 is 0 Å². The Morgan fingerprint density at radius 3 is 2.37 bits per heavy atom. The first-order valence-electron chi connectivity index (χ1n) is 7.61. The third-order valence-corrected chi connectivity index (χ3v) is 4.18. The second-order valence-corrected chi connectivity index (χ2v) is 6.09. The summed E-state index contributed by atoms with van der Waals surface area (Å²) in [5.41, 5.74) is 7.17. The summed E-state index contributed by atoms with van der Waals surface area (Å²) in [5, 5.41) is 0. The third kappa shape index (κ3) is 7.07. The fourth-order valence-electron chi connectivity index (χ4n) is 2.31. The largest absolute Gasteiger partial charge is 0.323 e. The number of halogens is 1. The molecule has 1 heterocycles. The van der Waals surface area contributed by atoms with Crippen LogP contribution in [0.25, 0.3) is 0 Å². The normalized spacial score (nSPS) is 12.6. The van der Waals surface area contributed by atoms with E-state index in [1.165, 1.54) is 51.4 Å². The summed E-state index contributed by atoms with van der Waals surface area (Å²) < 4.78 is 1.03. The Morgan fingerprint density at radius 2 is 1.74 bits per heavy atom. The molecule has 1 rings (SSSR count). The summed E-state index contributed by atoms with van der Waals surface area (Å²) in [7, 11) is 0. The molecule has 108 valence electrons. The van der Waals surface area contributed by atoms with Gasteiger partial charge in [0.2, 0.25) is 0 Å². The molecule has 2 N–H and O–H groups in total. The van der Waals surface area contributed by atoms with E-state index in [2.05, 4.69) is 27.8 Å². The van der Waals surface area contributed by atoms with E-state index < -0.39 is 0 Å². The minimum absolute atomic E-state index is 0.0654. The highest BCUT2D eigenvalue weighted by molar-refractivity contribution is 9.10. The lowest BCUT2D eigenvalue weighted by Gasteiger charge is -2.12. The van der Waals surface area contributed by atoms with Crippen LogP contribution in [0.15, 0.2) is 22.8 Å². The molecule has 0 aliphatic heterocycles. The van der Waals surface area contributed by atoms with Gasteiger partial charge in [0.15, 0.2) is 0 Å². The molecule has 1 atom stereocenters. The van der Waals surface area contributed by atoms with Crippen LogP contribution in [0, 0.1) is 0 Å². The van der Waals surface area contributed by atoms with Crippen molar-refractivity contribution in [3.63, 3.8) is 0 Å². The molecule has 1 unspecified atom stereocenters. The van der Waals surface area contributed by atoms with Gasteiger partial charge in [0.05, 0.1) is 5.69 Å². The highest BCUT2D eigenvalue weighted by Crippen LogP contribution is 2.23. The third-order valence-electron chi connectivity index (χ3n) is 3.51. The molecule has 0 amide bonds. The Kier molecular flexibility index (Phi) is 9.10.